The fourth-order valence-corrected chi connectivity index (χ4v) is 0.213. The molecule has 3 nitrogen and oxygen atoms in total. The molecule has 0 aliphatic rings. The van der Waals surface area contributed by atoms with E-state index in [9.17, 15) is 9.59 Å². The van der Waals surface area contributed by atoms with Crippen LogP contribution in [0.3, 0.4) is 0 Å². The number of Topliss-reactive ketones (excluding diaryl/α,β-unsaturated/α-hetero) is 1. The van der Waals surface area contributed by atoms with Gasteiger partial charge in [0.1, 0.15) is 12.2 Å². The van der Waals surface area contributed by atoms with Gasteiger partial charge in [-0.05, 0) is 6.92 Å². The van der Waals surface area contributed by atoms with Gasteiger partial charge in [0, 0.05) is 32.7 Å². The van der Waals surface area contributed by atoms with Crippen molar-refractivity contribution in [2.24, 2.45) is 0 Å². The molecular weight excluding hydrogens is 185 g/mol. The predicted octanol–water partition coefficient (Wildman–Crippen LogP) is 0.0476. The van der Waals surface area contributed by atoms with Crippen LogP contribution in [-0.4, -0.2) is 16.9 Å². The topological polar surface area (TPSA) is 54.4 Å². The van der Waals surface area contributed by atoms with Gasteiger partial charge in [-0.15, -0.1) is 0 Å². The zero-order valence-corrected chi connectivity index (χ0v) is 7.39. The maximum Gasteiger partial charge on any atom is 0.310 e. The summed E-state index contributed by atoms with van der Waals surface area (Å²) in [7, 11) is 0. The van der Waals surface area contributed by atoms with Crippen molar-refractivity contribution in [3.63, 3.8) is 0 Å². The molecule has 0 heterocycles. The van der Waals surface area contributed by atoms with Gasteiger partial charge in [0.15, 0.2) is 0 Å². The Morgan fingerprint density at radius 2 is 1.88 bits per heavy atom. The SMILES string of the molecule is CC(=O)CC(=O)O.[Y]. The maximum absolute atomic E-state index is 9.87. The van der Waals surface area contributed by atoms with Crippen molar-refractivity contribution in [2.45, 2.75) is 13.3 Å². The number of carbonyl (C=O) groups excluding carboxylic acids is 1. The number of carbonyl (C=O) groups is 2. The monoisotopic (exact) mass is 191 g/mol. The maximum atomic E-state index is 9.87. The van der Waals surface area contributed by atoms with Crippen molar-refractivity contribution in [1.82, 2.24) is 0 Å². The van der Waals surface area contributed by atoms with E-state index in [-0.39, 0.29) is 44.9 Å². The number of ketones is 1. The van der Waals surface area contributed by atoms with E-state index in [0.717, 1.165) is 0 Å². The molecule has 0 rings (SSSR count). The Labute approximate surface area is 72.3 Å². The standard InChI is InChI=1S/C4H6O3.Y/c1-3(5)2-4(6)7;/h2H2,1H3,(H,6,7);. The van der Waals surface area contributed by atoms with Gasteiger partial charge in [0.25, 0.3) is 0 Å². The molecule has 0 bridgehead atoms. The fourth-order valence-electron chi connectivity index (χ4n) is 0.213. The summed E-state index contributed by atoms with van der Waals surface area (Å²) in [6, 6.07) is 0. The molecule has 1 N–H and O–H groups in total. The summed E-state index contributed by atoms with van der Waals surface area (Å²) in [6.07, 6.45) is -0.361. The molecule has 8 heavy (non-hydrogen) atoms. The molecule has 0 saturated heterocycles. The average Bonchev–Trinajstić information content (AvgIpc) is 1.27. The summed E-state index contributed by atoms with van der Waals surface area (Å²) < 4.78 is 0. The Kier molecular flexibility index (Phi) is 7.46. The summed E-state index contributed by atoms with van der Waals surface area (Å²) in [6.45, 7) is 1.24. The van der Waals surface area contributed by atoms with Crippen molar-refractivity contribution in [3.8, 4) is 0 Å². The number of carboxylic acids is 1. The van der Waals surface area contributed by atoms with E-state index in [1.807, 2.05) is 0 Å². The van der Waals surface area contributed by atoms with Crippen LogP contribution in [0, 0.1) is 0 Å². The van der Waals surface area contributed by atoms with Gasteiger partial charge in [-0.3, -0.25) is 9.59 Å². The zero-order valence-electron chi connectivity index (χ0n) is 4.55. The van der Waals surface area contributed by atoms with E-state index in [1.165, 1.54) is 6.92 Å². The van der Waals surface area contributed by atoms with Crippen LogP contribution in [0.15, 0.2) is 0 Å². The molecule has 0 unspecified atom stereocenters. The van der Waals surface area contributed by atoms with E-state index in [0.29, 0.717) is 0 Å². The number of hydrogen-bond acceptors (Lipinski definition) is 2. The van der Waals surface area contributed by atoms with Gasteiger partial charge in [0.2, 0.25) is 0 Å². The van der Waals surface area contributed by atoms with E-state index in [2.05, 4.69) is 0 Å². The number of carboxylic acid groups (broad SMARTS) is 1. The summed E-state index contributed by atoms with van der Waals surface area (Å²) >= 11 is 0. The Morgan fingerprint density at radius 3 is 1.88 bits per heavy atom. The average molecular weight is 191 g/mol. The summed E-state index contributed by atoms with van der Waals surface area (Å²) in [5.41, 5.74) is 0. The second-order valence-electron chi connectivity index (χ2n) is 1.27. The second-order valence-corrected chi connectivity index (χ2v) is 1.27. The van der Waals surface area contributed by atoms with Crippen LogP contribution in [0.4, 0.5) is 0 Å². The molecule has 0 amide bonds. The number of hydrogen-bond donors (Lipinski definition) is 1. The van der Waals surface area contributed by atoms with E-state index >= 15 is 0 Å². The molecule has 0 spiro atoms. The number of aliphatic carboxylic acids is 1. The first-order valence-corrected chi connectivity index (χ1v) is 1.84. The van der Waals surface area contributed by atoms with Crippen LogP contribution in [0.1, 0.15) is 13.3 Å². The molecule has 0 atom stereocenters. The van der Waals surface area contributed by atoms with Crippen molar-refractivity contribution in [1.29, 1.82) is 0 Å². The van der Waals surface area contributed by atoms with Crippen LogP contribution < -0.4 is 0 Å². The van der Waals surface area contributed by atoms with Gasteiger partial charge < -0.3 is 5.11 Å². The molecule has 0 aliphatic heterocycles. The third-order valence-electron chi connectivity index (χ3n) is 0.400. The Hall–Kier alpha value is 0.244. The van der Waals surface area contributed by atoms with Crippen LogP contribution in [0.25, 0.3) is 0 Å². The smallest absolute Gasteiger partial charge is 0.310 e. The summed E-state index contributed by atoms with van der Waals surface area (Å²) in [4.78, 5) is 19.5. The van der Waals surface area contributed by atoms with Crippen LogP contribution in [0.2, 0.25) is 0 Å². The van der Waals surface area contributed by atoms with E-state index < -0.39 is 5.97 Å². The normalized spacial score (nSPS) is 7.12. The van der Waals surface area contributed by atoms with Gasteiger partial charge >= 0.3 is 5.97 Å². The minimum Gasteiger partial charge on any atom is -0.481 e. The first kappa shape index (κ1) is 11.1. The Balaban J connectivity index is 0. The molecular formula is C4H6O3Y. The van der Waals surface area contributed by atoms with Gasteiger partial charge in [-0.25, -0.2) is 0 Å². The Bertz CT molecular complexity index is 87.5. The third kappa shape index (κ3) is 9.53. The van der Waals surface area contributed by atoms with Crippen LogP contribution in [0.5, 0.6) is 0 Å². The van der Waals surface area contributed by atoms with Gasteiger partial charge in [-0.1, -0.05) is 0 Å². The van der Waals surface area contributed by atoms with Crippen molar-refractivity contribution in [2.75, 3.05) is 0 Å². The fraction of sp³-hybridized carbons (Fsp3) is 0.500. The summed E-state index contributed by atoms with van der Waals surface area (Å²) in [5, 5.41) is 7.86. The zero-order chi connectivity index (χ0) is 5.86. The van der Waals surface area contributed by atoms with Gasteiger partial charge in [-0.2, -0.15) is 0 Å². The van der Waals surface area contributed by atoms with Crippen molar-refractivity contribution < 1.29 is 47.4 Å². The molecule has 0 aromatic rings. The minimum atomic E-state index is -1.06. The largest absolute Gasteiger partial charge is 0.481 e. The molecule has 4 heteroatoms. The first-order valence-electron chi connectivity index (χ1n) is 1.84. The molecule has 0 aliphatic carbocycles. The third-order valence-corrected chi connectivity index (χ3v) is 0.400. The van der Waals surface area contributed by atoms with Crippen LogP contribution >= 0.6 is 0 Å². The molecule has 1 radical (unpaired) electrons. The predicted molar refractivity (Wildman–Crippen MR) is 22.9 cm³/mol. The molecule has 0 fully saturated rings. The molecule has 0 saturated carbocycles. The molecule has 0 aromatic heterocycles. The molecule has 0 aromatic carbocycles. The second kappa shape index (κ2) is 5.38. The quantitative estimate of drug-likeness (QED) is 0.627. The van der Waals surface area contributed by atoms with Crippen molar-refractivity contribution in [3.05, 3.63) is 0 Å². The van der Waals surface area contributed by atoms with Gasteiger partial charge in [0.05, 0.1) is 0 Å². The van der Waals surface area contributed by atoms with E-state index in [1.54, 1.807) is 0 Å². The minimum absolute atomic E-state index is 0. The summed E-state index contributed by atoms with van der Waals surface area (Å²) in [5.74, 6) is -1.37. The van der Waals surface area contributed by atoms with Crippen LogP contribution in [-0.2, 0) is 42.3 Å². The molecule has 43 valence electrons. The Morgan fingerprint density at radius 1 is 1.50 bits per heavy atom. The first-order chi connectivity index (χ1) is 3.13. The van der Waals surface area contributed by atoms with E-state index in [4.69, 9.17) is 5.11 Å². The number of rotatable bonds is 2. The van der Waals surface area contributed by atoms with Crippen molar-refractivity contribution >= 4 is 11.8 Å².